The maximum absolute atomic E-state index is 6.01. The molecule has 6 nitrogen and oxygen atoms in total. The van der Waals surface area contributed by atoms with Crippen LogP contribution in [0.25, 0.3) is 0 Å². The van der Waals surface area contributed by atoms with Gasteiger partial charge in [-0.25, -0.2) is 9.97 Å². The number of ether oxygens (including phenoxy) is 1. The van der Waals surface area contributed by atoms with E-state index in [1.54, 1.807) is 12.5 Å². The van der Waals surface area contributed by atoms with Gasteiger partial charge in [0.15, 0.2) is 5.75 Å². The molecule has 1 unspecified atom stereocenters. The van der Waals surface area contributed by atoms with Crippen molar-refractivity contribution in [2.45, 2.75) is 39.2 Å². The summed E-state index contributed by atoms with van der Waals surface area (Å²) < 4.78 is 6.01. The minimum atomic E-state index is 0.606. The average molecular weight is 341 g/mol. The van der Waals surface area contributed by atoms with Crippen LogP contribution in [0.4, 0.5) is 5.82 Å². The SMILES string of the molecule is Cc1ncccc1Oc1ncnc(N2CCCC(N(C)C)CC2)c1C. The van der Waals surface area contributed by atoms with Crippen molar-refractivity contribution < 1.29 is 4.74 Å². The number of hydrogen-bond donors (Lipinski definition) is 0. The Kier molecular flexibility index (Phi) is 5.48. The molecule has 0 aliphatic carbocycles. The summed E-state index contributed by atoms with van der Waals surface area (Å²) in [6.45, 7) is 5.99. The van der Waals surface area contributed by atoms with Gasteiger partial charge in [-0.2, -0.15) is 0 Å². The molecule has 3 rings (SSSR count). The fraction of sp³-hybridized carbons (Fsp3) is 0.526. The molecule has 0 amide bonds. The molecule has 0 bridgehead atoms. The van der Waals surface area contributed by atoms with Crippen LogP contribution >= 0.6 is 0 Å². The number of pyridine rings is 1. The molecule has 3 heterocycles. The summed E-state index contributed by atoms with van der Waals surface area (Å²) in [7, 11) is 4.33. The summed E-state index contributed by atoms with van der Waals surface area (Å²) >= 11 is 0. The monoisotopic (exact) mass is 341 g/mol. The van der Waals surface area contributed by atoms with Crippen molar-refractivity contribution in [1.82, 2.24) is 19.9 Å². The van der Waals surface area contributed by atoms with Gasteiger partial charge in [0.1, 0.15) is 12.1 Å². The van der Waals surface area contributed by atoms with Gasteiger partial charge in [0.05, 0.1) is 11.3 Å². The number of nitrogens with zero attached hydrogens (tertiary/aromatic N) is 5. The van der Waals surface area contributed by atoms with E-state index in [2.05, 4.69) is 38.8 Å². The second kappa shape index (κ2) is 7.78. The van der Waals surface area contributed by atoms with Gasteiger partial charge in [-0.05, 0) is 59.3 Å². The Morgan fingerprint density at radius 2 is 1.96 bits per heavy atom. The molecule has 1 fully saturated rings. The van der Waals surface area contributed by atoms with E-state index in [9.17, 15) is 0 Å². The van der Waals surface area contributed by atoms with Crippen molar-refractivity contribution in [3.63, 3.8) is 0 Å². The predicted molar refractivity (Wildman–Crippen MR) is 99.4 cm³/mol. The van der Waals surface area contributed by atoms with E-state index in [0.717, 1.165) is 42.3 Å². The van der Waals surface area contributed by atoms with E-state index in [4.69, 9.17) is 4.74 Å². The Hall–Kier alpha value is -2.21. The van der Waals surface area contributed by atoms with Crippen LogP contribution in [-0.2, 0) is 0 Å². The smallest absolute Gasteiger partial charge is 0.227 e. The Balaban J connectivity index is 1.80. The molecule has 2 aromatic heterocycles. The van der Waals surface area contributed by atoms with Crippen LogP contribution in [-0.4, -0.2) is 53.1 Å². The lowest BCUT2D eigenvalue weighted by Gasteiger charge is -2.25. The maximum atomic E-state index is 6.01. The first-order valence-corrected chi connectivity index (χ1v) is 8.88. The largest absolute Gasteiger partial charge is 0.437 e. The number of aryl methyl sites for hydroxylation is 1. The first kappa shape index (κ1) is 17.6. The van der Waals surface area contributed by atoms with E-state index in [1.807, 2.05) is 26.0 Å². The topological polar surface area (TPSA) is 54.4 Å². The number of anilines is 1. The van der Waals surface area contributed by atoms with Gasteiger partial charge in [0.2, 0.25) is 5.88 Å². The molecule has 1 aliphatic heterocycles. The minimum absolute atomic E-state index is 0.606. The van der Waals surface area contributed by atoms with Crippen LogP contribution in [0.5, 0.6) is 11.6 Å². The fourth-order valence-corrected chi connectivity index (χ4v) is 3.34. The van der Waals surface area contributed by atoms with Gasteiger partial charge in [0, 0.05) is 25.3 Å². The maximum Gasteiger partial charge on any atom is 0.227 e. The minimum Gasteiger partial charge on any atom is -0.437 e. The number of rotatable bonds is 4. The summed E-state index contributed by atoms with van der Waals surface area (Å²) in [5.41, 5.74) is 1.83. The van der Waals surface area contributed by atoms with Crippen LogP contribution in [0.3, 0.4) is 0 Å². The summed E-state index contributed by atoms with van der Waals surface area (Å²) in [5.74, 6) is 2.32. The molecule has 0 N–H and O–H groups in total. The second-order valence-corrected chi connectivity index (χ2v) is 6.85. The van der Waals surface area contributed by atoms with Crippen molar-refractivity contribution in [2.24, 2.45) is 0 Å². The van der Waals surface area contributed by atoms with Gasteiger partial charge in [-0.1, -0.05) is 0 Å². The third kappa shape index (κ3) is 4.07. The summed E-state index contributed by atoms with van der Waals surface area (Å²) in [6, 6.07) is 4.42. The summed E-state index contributed by atoms with van der Waals surface area (Å²) in [6.07, 6.45) is 6.90. The Morgan fingerprint density at radius 3 is 2.72 bits per heavy atom. The Bertz CT molecular complexity index is 719. The molecule has 134 valence electrons. The number of hydrogen-bond acceptors (Lipinski definition) is 6. The highest BCUT2D eigenvalue weighted by atomic mass is 16.5. The van der Waals surface area contributed by atoms with E-state index in [0.29, 0.717) is 11.9 Å². The van der Waals surface area contributed by atoms with Gasteiger partial charge in [0.25, 0.3) is 0 Å². The van der Waals surface area contributed by atoms with Gasteiger partial charge in [-0.3, -0.25) is 4.98 Å². The highest BCUT2D eigenvalue weighted by Gasteiger charge is 2.22. The zero-order chi connectivity index (χ0) is 17.8. The predicted octanol–water partition coefficient (Wildman–Crippen LogP) is 3.20. The quantitative estimate of drug-likeness (QED) is 0.851. The third-order valence-electron chi connectivity index (χ3n) is 4.90. The summed E-state index contributed by atoms with van der Waals surface area (Å²) in [5, 5.41) is 0. The molecule has 1 aliphatic rings. The molecular formula is C19H27N5O. The zero-order valence-electron chi connectivity index (χ0n) is 15.6. The number of aromatic nitrogens is 3. The van der Waals surface area contributed by atoms with Crippen molar-refractivity contribution in [3.05, 3.63) is 35.9 Å². The molecule has 0 spiro atoms. The average Bonchev–Trinajstić information content (AvgIpc) is 2.85. The highest BCUT2D eigenvalue weighted by Crippen LogP contribution is 2.30. The first-order valence-electron chi connectivity index (χ1n) is 8.88. The molecule has 1 atom stereocenters. The normalized spacial score (nSPS) is 18.3. The van der Waals surface area contributed by atoms with Crippen molar-refractivity contribution in [2.75, 3.05) is 32.1 Å². The van der Waals surface area contributed by atoms with Crippen molar-refractivity contribution >= 4 is 5.82 Å². The van der Waals surface area contributed by atoms with E-state index in [-0.39, 0.29) is 0 Å². The molecule has 25 heavy (non-hydrogen) atoms. The van der Waals surface area contributed by atoms with Crippen LogP contribution < -0.4 is 9.64 Å². The first-order chi connectivity index (χ1) is 12.1. The van der Waals surface area contributed by atoms with Crippen LogP contribution in [0.15, 0.2) is 24.7 Å². The molecule has 0 radical (unpaired) electrons. The van der Waals surface area contributed by atoms with Gasteiger partial charge >= 0.3 is 0 Å². The second-order valence-electron chi connectivity index (χ2n) is 6.85. The standard InChI is InChI=1S/C19H27N5O/c1-14-18(24-11-6-7-16(9-12-24)23(3)4)21-13-22-19(14)25-17-8-5-10-20-15(17)2/h5,8,10,13,16H,6-7,9,11-12H2,1-4H3. The lowest BCUT2D eigenvalue weighted by atomic mass is 10.1. The van der Waals surface area contributed by atoms with E-state index in [1.165, 1.54) is 12.8 Å². The van der Waals surface area contributed by atoms with Gasteiger partial charge < -0.3 is 14.5 Å². The molecule has 0 aromatic carbocycles. The third-order valence-corrected chi connectivity index (χ3v) is 4.90. The van der Waals surface area contributed by atoms with Crippen LogP contribution in [0, 0.1) is 13.8 Å². The van der Waals surface area contributed by atoms with Crippen LogP contribution in [0.1, 0.15) is 30.5 Å². The Labute approximate surface area is 149 Å². The van der Waals surface area contributed by atoms with Crippen LogP contribution in [0.2, 0.25) is 0 Å². The molecule has 1 saturated heterocycles. The molecular weight excluding hydrogens is 314 g/mol. The fourth-order valence-electron chi connectivity index (χ4n) is 3.34. The molecule has 0 saturated carbocycles. The van der Waals surface area contributed by atoms with Crippen molar-refractivity contribution in [3.8, 4) is 11.6 Å². The Morgan fingerprint density at radius 1 is 1.12 bits per heavy atom. The lowest BCUT2D eigenvalue weighted by molar-refractivity contribution is 0.272. The van der Waals surface area contributed by atoms with Gasteiger partial charge in [-0.15, -0.1) is 0 Å². The zero-order valence-corrected chi connectivity index (χ0v) is 15.6. The molecule has 2 aromatic rings. The lowest BCUT2D eigenvalue weighted by Crippen LogP contribution is -2.30. The van der Waals surface area contributed by atoms with E-state index < -0.39 is 0 Å². The van der Waals surface area contributed by atoms with E-state index >= 15 is 0 Å². The highest BCUT2D eigenvalue weighted by molar-refractivity contribution is 5.51. The summed E-state index contributed by atoms with van der Waals surface area (Å²) in [4.78, 5) is 17.8. The van der Waals surface area contributed by atoms with Crippen molar-refractivity contribution in [1.29, 1.82) is 0 Å². The molecule has 6 heteroatoms.